The summed E-state index contributed by atoms with van der Waals surface area (Å²) in [6, 6.07) is 7.85. The van der Waals surface area contributed by atoms with E-state index in [-0.39, 0.29) is 0 Å². The summed E-state index contributed by atoms with van der Waals surface area (Å²) in [5, 5.41) is 10.7. The molecule has 0 fully saturated rings. The molecule has 1 amide bonds. The highest BCUT2D eigenvalue weighted by Gasteiger charge is 2.03. The third kappa shape index (κ3) is 2.60. The van der Waals surface area contributed by atoms with Crippen LogP contribution >= 0.6 is 23.1 Å². The summed E-state index contributed by atoms with van der Waals surface area (Å²) in [6.45, 7) is 0. The summed E-state index contributed by atoms with van der Waals surface area (Å²) in [6.07, 6.45) is -1.01. The van der Waals surface area contributed by atoms with Gasteiger partial charge in [-0.1, -0.05) is 23.9 Å². The van der Waals surface area contributed by atoms with Crippen LogP contribution in [0.4, 0.5) is 4.79 Å². The Labute approximate surface area is 94.3 Å². The molecule has 6 heteroatoms. The van der Waals surface area contributed by atoms with Crippen LogP contribution in [0.5, 0.6) is 0 Å². The molecular formula is C9H8N2O2S2. The van der Waals surface area contributed by atoms with Crippen LogP contribution in [0, 0.1) is 0 Å². The number of rotatable bonds is 3. The Kier molecular flexibility index (Phi) is 3.08. The number of nitrogens with one attached hydrogen (secondary N) is 1. The van der Waals surface area contributed by atoms with Crippen LogP contribution < -0.4 is 5.32 Å². The summed E-state index contributed by atoms with van der Waals surface area (Å²) in [5.74, 6) is 0.329. The maximum absolute atomic E-state index is 10.2. The van der Waals surface area contributed by atoms with Crippen molar-refractivity contribution in [2.24, 2.45) is 0 Å². The number of amides is 1. The maximum Gasteiger partial charge on any atom is 0.405 e. The zero-order valence-corrected chi connectivity index (χ0v) is 9.27. The van der Waals surface area contributed by atoms with Crippen molar-refractivity contribution < 1.29 is 9.90 Å². The molecule has 2 N–H and O–H groups in total. The summed E-state index contributed by atoms with van der Waals surface area (Å²) in [5.41, 5.74) is 0.959. The van der Waals surface area contributed by atoms with E-state index >= 15 is 0 Å². The van der Waals surface area contributed by atoms with Crippen molar-refractivity contribution in [3.63, 3.8) is 0 Å². The van der Waals surface area contributed by atoms with Crippen LogP contribution in [0.1, 0.15) is 0 Å². The first kappa shape index (κ1) is 10.3. The van der Waals surface area contributed by atoms with E-state index in [1.807, 2.05) is 24.3 Å². The molecule has 0 bridgehead atoms. The zero-order chi connectivity index (χ0) is 10.7. The molecule has 78 valence electrons. The fourth-order valence-electron chi connectivity index (χ4n) is 1.07. The van der Waals surface area contributed by atoms with E-state index in [4.69, 9.17) is 5.11 Å². The predicted molar refractivity (Wildman–Crippen MR) is 61.5 cm³/mol. The molecule has 15 heavy (non-hydrogen) atoms. The largest absolute Gasteiger partial charge is 0.465 e. The molecule has 2 aromatic rings. The molecule has 0 aliphatic carbocycles. The molecule has 0 saturated heterocycles. The molecule has 2 rings (SSSR count). The van der Waals surface area contributed by atoms with Crippen molar-refractivity contribution in [2.45, 2.75) is 4.34 Å². The van der Waals surface area contributed by atoms with Crippen molar-refractivity contribution in [2.75, 3.05) is 5.88 Å². The van der Waals surface area contributed by atoms with E-state index in [1.165, 1.54) is 11.8 Å². The maximum atomic E-state index is 10.2. The molecule has 0 atom stereocenters. The van der Waals surface area contributed by atoms with Gasteiger partial charge in [0.1, 0.15) is 0 Å². The van der Waals surface area contributed by atoms with Gasteiger partial charge in [0.25, 0.3) is 0 Å². The molecule has 0 aliphatic rings. The fraction of sp³-hybridized carbons (Fsp3) is 0.111. The first-order valence-electron chi connectivity index (χ1n) is 4.21. The normalized spacial score (nSPS) is 10.4. The van der Waals surface area contributed by atoms with Gasteiger partial charge in [-0.3, -0.25) is 0 Å². The Morgan fingerprint density at radius 3 is 3.07 bits per heavy atom. The number of carbonyl (C=O) groups is 1. The molecule has 1 aromatic carbocycles. The molecule has 1 aromatic heterocycles. The van der Waals surface area contributed by atoms with Crippen molar-refractivity contribution in [3.05, 3.63) is 24.3 Å². The average Bonchev–Trinajstić information content (AvgIpc) is 2.59. The SMILES string of the molecule is O=C(O)NCSc1nc2ccccc2s1. The molecule has 1 heterocycles. The van der Waals surface area contributed by atoms with Gasteiger partial charge in [-0.15, -0.1) is 11.3 Å². The fourth-order valence-corrected chi connectivity index (χ4v) is 2.93. The van der Waals surface area contributed by atoms with Crippen molar-refractivity contribution >= 4 is 39.4 Å². The Balaban J connectivity index is 2.05. The smallest absolute Gasteiger partial charge is 0.405 e. The summed E-state index contributed by atoms with van der Waals surface area (Å²) >= 11 is 2.96. The lowest BCUT2D eigenvalue weighted by atomic mass is 10.3. The number of fused-ring (bicyclic) bond motifs is 1. The average molecular weight is 240 g/mol. The lowest BCUT2D eigenvalue weighted by molar-refractivity contribution is 0.196. The number of hydrogen-bond donors (Lipinski definition) is 2. The Hall–Kier alpha value is -1.27. The number of thiazole rings is 1. The molecule has 0 spiro atoms. The van der Waals surface area contributed by atoms with Crippen molar-refractivity contribution in [1.29, 1.82) is 0 Å². The van der Waals surface area contributed by atoms with Gasteiger partial charge >= 0.3 is 6.09 Å². The van der Waals surface area contributed by atoms with Gasteiger partial charge < -0.3 is 10.4 Å². The Morgan fingerprint density at radius 1 is 1.53 bits per heavy atom. The summed E-state index contributed by atoms with van der Waals surface area (Å²) in [7, 11) is 0. The van der Waals surface area contributed by atoms with Crippen LogP contribution in [0.25, 0.3) is 10.2 Å². The monoisotopic (exact) mass is 240 g/mol. The van der Waals surface area contributed by atoms with Gasteiger partial charge in [0.15, 0.2) is 4.34 Å². The quantitative estimate of drug-likeness (QED) is 0.639. The van der Waals surface area contributed by atoms with Gasteiger partial charge in [0.05, 0.1) is 16.1 Å². The van der Waals surface area contributed by atoms with Crippen LogP contribution in [0.2, 0.25) is 0 Å². The highest BCUT2D eigenvalue weighted by atomic mass is 32.2. The number of nitrogens with zero attached hydrogens (tertiary/aromatic N) is 1. The standard InChI is InChI=1S/C9H8N2O2S2/c12-8(13)10-5-14-9-11-6-3-1-2-4-7(6)15-9/h1-4,10H,5H2,(H,12,13). The molecule has 0 radical (unpaired) electrons. The third-order valence-corrected chi connectivity index (χ3v) is 3.75. The van der Waals surface area contributed by atoms with Gasteiger partial charge in [-0.25, -0.2) is 9.78 Å². The van der Waals surface area contributed by atoms with Gasteiger partial charge in [-0.2, -0.15) is 0 Å². The second-order valence-corrected chi connectivity index (χ2v) is 4.97. The summed E-state index contributed by atoms with van der Waals surface area (Å²) in [4.78, 5) is 14.6. The van der Waals surface area contributed by atoms with Crippen LogP contribution in [0.3, 0.4) is 0 Å². The lowest BCUT2D eigenvalue weighted by Crippen LogP contribution is -2.19. The van der Waals surface area contributed by atoms with Gasteiger partial charge in [0.2, 0.25) is 0 Å². The van der Waals surface area contributed by atoms with Crippen molar-refractivity contribution in [1.82, 2.24) is 10.3 Å². The topological polar surface area (TPSA) is 62.2 Å². The van der Waals surface area contributed by atoms with Crippen LogP contribution in [-0.4, -0.2) is 22.1 Å². The summed E-state index contributed by atoms with van der Waals surface area (Å²) < 4.78 is 2.00. The number of benzene rings is 1. The van der Waals surface area contributed by atoms with E-state index in [1.54, 1.807) is 11.3 Å². The van der Waals surface area contributed by atoms with E-state index in [0.717, 1.165) is 14.6 Å². The van der Waals surface area contributed by atoms with E-state index in [2.05, 4.69) is 10.3 Å². The van der Waals surface area contributed by atoms with E-state index in [9.17, 15) is 4.79 Å². The van der Waals surface area contributed by atoms with E-state index in [0.29, 0.717) is 5.88 Å². The number of thioether (sulfide) groups is 1. The van der Waals surface area contributed by atoms with E-state index < -0.39 is 6.09 Å². The van der Waals surface area contributed by atoms with Crippen LogP contribution in [-0.2, 0) is 0 Å². The molecule has 4 nitrogen and oxygen atoms in total. The Bertz CT molecular complexity index is 451. The van der Waals surface area contributed by atoms with Gasteiger partial charge in [0, 0.05) is 0 Å². The van der Waals surface area contributed by atoms with Gasteiger partial charge in [-0.05, 0) is 12.1 Å². The molecular weight excluding hydrogens is 232 g/mol. The number of para-hydroxylation sites is 1. The third-order valence-electron chi connectivity index (χ3n) is 1.69. The highest BCUT2D eigenvalue weighted by Crippen LogP contribution is 2.28. The Morgan fingerprint density at radius 2 is 2.33 bits per heavy atom. The zero-order valence-electron chi connectivity index (χ0n) is 7.64. The lowest BCUT2D eigenvalue weighted by Gasteiger charge is -1.95. The molecule has 0 aliphatic heterocycles. The van der Waals surface area contributed by atoms with Crippen LogP contribution in [0.15, 0.2) is 28.6 Å². The predicted octanol–water partition coefficient (Wildman–Crippen LogP) is 2.61. The first-order valence-corrected chi connectivity index (χ1v) is 6.01. The molecule has 0 saturated carbocycles. The molecule has 0 unspecified atom stereocenters. The minimum Gasteiger partial charge on any atom is -0.465 e. The second kappa shape index (κ2) is 4.50. The number of carboxylic acid groups (broad SMARTS) is 1. The highest BCUT2D eigenvalue weighted by molar-refractivity contribution is 8.01. The minimum atomic E-state index is -1.01. The number of aromatic nitrogens is 1. The first-order chi connectivity index (χ1) is 7.25. The van der Waals surface area contributed by atoms with Crippen molar-refractivity contribution in [3.8, 4) is 0 Å². The second-order valence-electron chi connectivity index (χ2n) is 2.72. The minimum absolute atomic E-state index is 0.329. The number of hydrogen-bond acceptors (Lipinski definition) is 4.